The molecule has 4 rings (SSSR count). The Morgan fingerprint density at radius 3 is 3.00 bits per heavy atom. The third kappa shape index (κ3) is 2.30. The third-order valence-corrected chi connectivity index (χ3v) is 4.69. The van der Waals surface area contributed by atoms with Gasteiger partial charge in [0, 0.05) is 25.0 Å². The van der Waals surface area contributed by atoms with Crippen LogP contribution >= 0.6 is 11.3 Å². The fraction of sp³-hybridized carbons (Fsp3) is 0.125. The molecule has 4 nitrogen and oxygen atoms in total. The first-order chi connectivity index (χ1) is 10.3. The van der Waals surface area contributed by atoms with Crippen molar-refractivity contribution in [1.82, 2.24) is 10.3 Å². The molecule has 1 aromatic carbocycles. The molecule has 0 saturated heterocycles. The van der Waals surface area contributed by atoms with Gasteiger partial charge in [0.15, 0.2) is 0 Å². The number of thiophene rings is 1. The van der Waals surface area contributed by atoms with Gasteiger partial charge in [0.2, 0.25) is 0 Å². The molecule has 0 bridgehead atoms. The van der Waals surface area contributed by atoms with Gasteiger partial charge >= 0.3 is 0 Å². The summed E-state index contributed by atoms with van der Waals surface area (Å²) in [6, 6.07) is 11.8. The summed E-state index contributed by atoms with van der Waals surface area (Å²) < 4.78 is 1.03. The van der Waals surface area contributed by atoms with Crippen molar-refractivity contribution < 1.29 is 4.79 Å². The Hall–Kier alpha value is -2.24. The van der Waals surface area contributed by atoms with E-state index in [1.165, 1.54) is 22.5 Å². The van der Waals surface area contributed by atoms with Crippen LogP contribution in [0, 0.1) is 0 Å². The number of nitrogens with one attached hydrogen (secondary N) is 2. The first-order valence-electron chi connectivity index (χ1n) is 6.78. The van der Waals surface area contributed by atoms with Crippen LogP contribution < -0.4 is 10.6 Å². The van der Waals surface area contributed by atoms with Crippen LogP contribution in [0.1, 0.15) is 20.8 Å². The standard InChI is InChI=1S/C16H13N3OS/c20-16(15-7-13-14(21-15)2-1-5-18-13)19-12-4-3-10-8-17-9-11(10)6-12/h1-7,17H,8-9H2,(H,19,20). The zero-order chi connectivity index (χ0) is 14.2. The van der Waals surface area contributed by atoms with Crippen molar-refractivity contribution in [3.63, 3.8) is 0 Å². The van der Waals surface area contributed by atoms with E-state index >= 15 is 0 Å². The van der Waals surface area contributed by atoms with Crippen molar-refractivity contribution in [2.45, 2.75) is 13.1 Å². The minimum Gasteiger partial charge on any atom is -0.321 e. The van der Waals surface area contributed by atoms with Crippen LogP contribution in [0.25, 0.3) is 10.2 Å². The van der Waals surface area contributed by atoms with Gasteiger partial charge in [-0.3, -0.25) is 9.78 Å². The normalized spacial score (nSPS) is 13.3. The largest absolute Gasteiger partial charge is 0.321 e. The monoisotopic (exact) mass is 295 g/mol. The molecule has 104 valence electrons. The molecular formula is C16H13N3OS. The number of carbonyl (C=O) groups excluding carboxylic acids is 1. The summed E-state index contributed by atoms with van der Waals surface area (Å²) in [5.74, 6) is -0.0797. The molecule has 21 heavy (non-hydrogen) atoms. The maximum Gasteiger partial charge on any atom is 0.265 e. The summed E-state index contributed by atoms with van der Waals surface area (Å²) in [5, 5.41) is 6.26. The first-order valence-corrected chi connectivity index (χ1v) is 7.60. The Balaban J connectivity index is 1.60. The summed E-state index contributed by atoms with van der Waals surface area (Å²) in [6.45, 7) is 1.78. The number of hydrogen-bond acceptors (Lipinski definition) is 4. The van der Waals surface area contributed by atoms with Gasteiger partial charge in [-0.1, -0.05) is 6.07 Å². The molecular weight excluding hydrogens is 282 g/mol. The second-order valence-electron chi connectivity index (χ2n) is 5.04. The third-order valence-electron chi connectivity index (χ3n) is 3.61. The number of benzene rings is 1. The van der Waals surface area contributed by atoms with Gasteiger partial charge in [0.25, 0.3) is 5.91 Å². The van der Waals surface area contributed by atoms with Crippen LogP contribution in [0.5, 0.6) is 0 Å². The lowest BCUT2D eigenvalue weighted by Crippen LogP contribution is -2.10. The molecule has 2 N–H and O–H groups in total. The number of rotatable bonds is 2. The van der Waals surface area contributed by atoms with Crippen LogP contribution in [-0.4, -0.2) is 10.9 Å². The Kier molecular flexibility index (Phi) is 2.94. The first kappa shape index (κ1) is 12.5. The molecule has 1 aliphatic rings. The average Bonchev–Trinajstić information content (AvgIpc) is 3.13. The zero-order valence-electron chi connectivity index (χ0n) is 11.2. The van der Waals surface area contributed by atoms with Crippen molar-refractivity contribution in [1.29, 1.82) is 0 Å². The van der Waals surface area contributed by atoms with Crippen LogP contribution in [0.15, 0.2) is 42.6 Å². The highest BCUT2D eigenvalue weighted by Gasteiger charge is 2.14. The Labute approximate surface area is 125 Å². The van der Waals surface area contributed by atoms with Crippen molar-refractivity contribution in [2.24, 2.45) is 0 Å². The fourth-order valence-corrected chi connectivity index (χ4v) is 3.46. The maximum absolute atomic E-state index is 12.3. The number of carbonyl (C=O) groups is 1. The number of hydrogen-bond donors (Lipinski definition) is 2. The minimum atomic E-state index is -0.0797. The highest BCUT2D eigenvalue weighted by Crippen LogP contribution is 2.25. The van der Waals surface area contributed by atoms with E-state index in [0.29, 0.717) is 4.88 Å². The van der Waals surface area contributed by atoms with E-state index in [1.807, 2.05) is 30.3 Å². The SMILES string of the molecule is O=C(Nc1ccc2c(c1)CNC2)c1cc2ncccc2s1. The minimum absolute atomic E-state index is 0.0797. The quantitative estimate of drug-likeness (QED) is 0.763. The summed E-state index contributed by atoms with van der Waals surface area (Å²) in [4.78, 5) is 17.3. The van der Waals surface area contributed by atoms with E-state index in [0.717, 1.165) is 29.0 Å². The van der Waals surface area contributed by atoms with E-state index in [9.17, 15) is 4.79 Å². The number of aromatic nitrogens is 1. The van der Waals surface area contributed by atoms with Crippen molar-refractivity contribution >= 4 is 33.1 Å². The molecule has 1 aliphatic heterocycles. The Morgan fingerprint density at radius 1 is 1.19 bits per heavy atom. The molecule has 0 fully saturated rings. The van der Waals surface area contributed by atoms with E-state index < -0.39 is 0 Å². The topological polar surface area (TPSA) is 54.0 Å². The average molecular weight is 295 g/mol. The van der Waals surface area contributed by atoms with Gasteiger partial charge in [-0.05, 0) is 41.5 Å². The summed E-state index contributed by atoms with van der Waals surface area (Å²) in [6.07, 6.45) is 1.74. The second-order valence-corrected chi connectivity index (χ2v) is 6.12. The number of anilines is 1. The molecule has 0 saturated carbocycles. The van der Waals surface area contributed by atoms with Crippen molar-refractivity contribution in [2.75, 3.05) is 5.32 Å². The molecule has 0 unspecified atom stereocenters. The predicted molar refractivity (Wildman–Crippen MR) is 84.6 cm³/mol. The number of fused-ring (bicyclic) bond motifs is 2. The number of amides is 1. The van der Waals surface area contributed by atoms with Gasteiger partial charge < -0.3 is 10.6 Å². The summed E-state index contributed by atoms with van der Waals surface area (Å²) in [5.41, 5.74) is 4.27. The molecule has 5 heteroatoms. The molecule has 0 aliphatic carbocycles. The van der Waals surface area contributed by atoms with Gasteiger partial charge in [-0.25, -0.2) is 0 Å². The van der Waals surface area contributed by atoms with Gasteiger partial charge in [-0.15, -0.1) is 11.3 Å². The predicted octanol–water partition coefficient (Wildman–Crippen LogP) is 3.15. The van der Waals surface area contributed by atoms with Gasteiger partial charge in [0.05, 0.1) is 15.1 Å². The van der Waals surface area contributed by atoms with Crippen molar-refractivity contribution in [3.8, 4) is 0 Å². The summed E-state index contributed by atoms with van der Waals surface area (Å²) >= 11 is 1.46. The lowest BCUT2D eigenvalue weighted by molar-refractivity contribution is 0.103. The molecule has 0 atom stereocenters. The van der Waals surface area contributed by atoms with Crippen LogP contribution in [-0.2, 0) is 13.1 Å². The number of pyridine rings is 1. The second kappa shape index (κ2) is 4.95. The van der Waals surface area contributed by atoms with E-state index in [4.69, 9.17) is 0 Å². The molecule has 0 spiro atoms. The van der Waals surface area contributed by atoms with Crippen LogP contribution in [0.2, 0.25) is 0 Å². The van der Waals surface area contributed by atoms with Gasteiger partial charge in [-0.2, -0.15) is 0 Å². The molecule has 3 heterocycles. The van der Waals surface area contributed by atoms with Crippen LogP contribution in [0.3, 0.4) is 0 Å². The van der Waals surface area contributed by atoms with Crippen LogP contribution in [0.4, 0.5) is 5.69 Å². The lowest BCUT2D eigenvalue weighted by atomic mass is 10.1. The molecule has 1 amide bonds. The van der Waals surface area contributed by atoms with E-state index in [1.54, 1.807) is 6.20 Å². The van der Waals surface area contributed by atoms with E-state index in [2.05, 4.69) is 21.7 Å². The van der Waals surface area contributed by atoms with Gasteiger partial charge in [0.1, 0.15) is 0 Å². The Bertz CT molecular complexity index is 807. The molecule has 0 radical (unpaired) electrons. The zero-order valence-corrected chi connectivity index (χ0v) is 12.0. The van der Waals surface area contributed by atoms with Crippen molar-refractivity contribution in [3.05, 3.63) is 58.6 Å². The highest BCUT2D eigenvalue weighted by molar-refractivity contribution is 7.20. The maximum atomic E-state index is 12.3. The molecule has 3 aromatic rings. The highest BCUT2D eigenvalue weighted by atomic mass is 32.1. The summed E-state index contributed by atoms with van der Waals surface area (Å²) in [7, 11) is 0. The Morgan fingerprint density at radius 2 is 2.10 bits per heavy atom. The smallest absolute Gasteiger partial charge is 0.265 e. The number of nitrogens with zero attached hydrogens (tertiary/aromatic N) is 1. The fourth-order valence-electron chi connectivity index (χ4n) is 2.55. The molecule has 2 aromatic heterocycles. The lowest BCUT2D eigenvalue weighted by Gasteiger charge is -2.05. The van der Waals surface area contributed by atoms with E-state index in [-0.39, 0.29) is 5.91 Å².